The van der Waals surface area contributed by atoms with E-state index in [0.717, 1.165) is 0 Å². The van der Waals surface area contributed by atoms with Crippen LogP contribution in [0.3, 0.4) is 0 Å². The quantitative estimate of drug-likeness (QED) is 0.326. The summed E-state index contributed by atoms with van der Waals surface area (Å²) < 4.78 is 120. The summed E-state index contributed by atoms with van der Waals surface area (Å²) in [7, 11) is -2.92. The Balaban J connectivity index is 0.00000145. The van der Waals surface area contributed by atoms with Crippen LogP contribution in [0.4, 0.5) is 39.5 Å². The van der Waals surface area contributed by atoms with Crippen molar-refractivity contribution in [2.75, 3.05) is 0 Å². The molecule has 0 unspecified atom stereocenters. The van der Waals surface area contributed by atoms with E-state index < -0.39 is 42.7 Å². The summed E-state index contributed by atoms with van der Waals surface area (Å²) >= 11 is 0. The molecule has 0 radical (unpaired) electrons. The largest absolute Gasteiger partial charge is 1.00 e. The number of nitrogens with zero attached hydrogens (tertiary/aromatic N) is 7. The van der Waals surface area contributed by atoms with Crippen molar-refractivity contribution < 1.29 is 61.9 Å². The van der Waals surface area contributed by atoms with Crippen LogP contribution in [0.2, 0.25) is 0 Å². The number of aryl methyl sites for hydroxylation is 3. The van der Waals surface area contributed by atoms with Crippen LogP contribution in [-0.2, 0) is 40.9 Å². The third-order valence-corrected chi connectivity index (χ3v) is 4.62. The Morgan fingerprint density at radius 3 is 1.00 bits per heavy atom. The Morgan fingerprint density at radius 2 is 0.857 bits per heavy atom. The van der Waals surface area contributed by atoms with E-state index in [9.17, 15) is 39.5 Å². The minimum absolute atomic E-state index is 0. The minimum Gasteiger partial charge on any atom is -0.400 e. The third kappa shape index (κ3) is 6.70. The summed E-state index contributed by atoms with van der Waals surface area (Å²) in [4.78, 5) is 0. The number of hydrogen-bond donors (Lipinski definition) is 0. The Kier molecular flexibility index (Phi) is 9.10. The molecular formula is C17H16AgBF9N7. The van der Waals surface area contributed by atoms with Gasteiger partial charge >= 0.3 is 48.0 Å². The fraction of sp³-hybridized carbons (Fsp3) is 0.412. The van der Waals surface area contributed by atoms with Crippen LogP contribution in [0.1, 0.15) is 41.1 Å². The van der Waals surface area contributed by atoms with E-state index in [2.05, 4.69) is 15.3 Å². The van der Waals surface area contributed by atoms with Gasteiger partial charge in [-0.3, -0.25) is 0 Å². The standard InChI is InChI=1S/C15H13BF9N6.C2H3N.Ag/c1-7-4-10(13(17,18)19)26-29(7)16(30-8(2)5-11(27-30)14(20,21)22)31-9(3)6-12(28-31)15(23,24)25;1-2-3;/h4-6,16H,1-3H3;1H3;/q-1;;+1. The molecule has 0 atom stereocenters. The van der Waals surface area contributed by atoms with Gasteiger partial charge in [-0.1, -0.05) is 0 Å². The molecule has 18 heteroatoms. The first-order chi connectivity index (χ1) is 15.4. The maximum absolute atomic E-state index is 13.1. The van der Waals surface area contributed by atoms with Crippen LogP contribution in [-0.4, -0.2) is 36.2 Å². The molecule has 196 valence electrons. The molecule has 3 heterocycles. The maximum atomic E-state index is 13.1. The van der Waals surface area contributed by atoms with E-state index in [0.29, 0.717) is 32.0 Å². The summed E-state index contributed by atoms with van der Waals surface area (Å²) in [6.45, 7) is 5.00. The number of rotatable bonds is 3. The molecule has 0 spiro atoms. The second-order valence-corrected chi connectivity index (χ2v) is 7.15. The molecule has 35 heavy (non-hydrogen) atoms. The predicted molar refractivity (Wildman–Crippen MR) is 101 cm³/mol. The first kappa shape index (κ1) is 30.3. The Morgan fingerprint density at radius 1 is 0.657 bits per heavy atom. The van der Waals surface area contributed by atoms with Crippen molar-refractivity contribution in [3.05, 3.63) is 52.4 Å². The molecule has 0 aliphatic carbocycles. The maximum Gasteiger partial charge on any atom is 1.00 e. The van der Waals surface area contributed by atoms with Gasteiger partial charge in [-0.2, -0.15) is 44.8 Å². The molecule has 7 nitrogen and oxygen atoms in total. The molecule has 0 N–H and O–H groups in total. The van der Waals surface area contributed by atoms with E-state index in [1.807, 2.05) is 0 Å². The van der Waals surface area contributed by atoms with Gasteiger partial charge in [0, 0.05) is 6.92 Å². The summed E-state index contributed by atoms with van der Waals surface area (Å²) in [5, 5.41) is 17.5. The molecule has 3 aromatic rings. The van der Waals surface area contributed by atoms with Gasteiger partial charge in [0.15, 0.2) is 17.1 Å². The molecule has 3 rings (SSSR count). The first-order valence-corrected chi connectivity index (χ1v) is 9.30. The van der Waals surface area contributed by atoms with Gasteiger partial charge in [0.1, 0.15) is 0 Å². The van der Waals surface area contributed by atoms with Gasteiger partial charge in [-0.15, -0.1) is 0 Å². The van der Waals surface area contributed by atoms with Gasteiger partial charge in [-0.25, -0.2) is 15.3 Å². The van der Waals surface area contributed by atoms with E-state index in [1.54, 1.807) is 6.07 Å². The molecule has 0 saturated heterocycles. The van der Waals surface area contributed by atoms with Crippen molar-refractivity contribution in [3.8, 4) is 6.07 Å². The van der Waals surface area contributed by atoms with E-state index in [1.165, 1.54) is 27.7 Å². The second kappa shape index (κ2) is 10.5. The van der Waals surface area contributed by atoms with Crippen molar-refractivity contribution >= 4 is 7.12 Å². The number of alkyl halides is 9. The van der Waals surface area contributed by atoms with Crippen molar-refractivity contribution in [1.82, 2.24) is 29.1 Å². The fourth-order valence-corrected chi connectivity index (χ4v) is 3.19. The summed E-state index contributed by atoms with van der Waals surface area (Å²) in [5.74, 6) is 0. The molecular weight excluding hydrogens is 592 g/mol. The van der Waals surface area contributed by atoms with Crippen LogP contribution in [0, 0.1) is 32.1 Å². The molecule has 3 aromatic heterocycles. The predicted octanol–water partition coefficient (Wildman–Crippen LogP) is 4.45. The van der Waals surface area contributed by atoms with Crippen LogP contribution < -0.4 is 0 Å². The van der Waals surface area contributed by atoms with Gasteiger partial charge < -0.3 is 13.8 Å². The SMILES string of the molecule is CC#N.Cc1cc(C(F)(F)F)nn1[BH-](n1nc(C(F)(F)F)cc1C)n1nc(C(F)(F)F)cc1C.[Ag+]. The van der Waals surface area contributed by atoms with Crippen molar-refractivity contribution in [3.63, 3.8) is 0 Å². The number of halogens is 9. The van der Waals surface area contributed by atoms with Crippen LogP contribution >= 0.6 is 0 Å². The number of aromatic nitrogens is 6. The fourth-order valence-electron chi connectivity index (χ4n) is 3.19. The topological polar surface area (TPSA) is 77.2 Å². The number of hydrogen-bond acceptors (Lipinski definition) is 4. The number of nitriles is 1. The minimum atomic E-state index is -4.88. The van der Waals surface area contributed by atoms with Gasteiger partial charge in [-0.05, 0) is 56.1 Å². The van der Waals surface area contributed by atoms with Gasteiger partial charge in [0.2, 0.25) is 0 Å². The molecule has 0 amide bonds. The summed E-state index contributed by atoms with van der Waals surface area (Å²) in [6, 6.07) is 3.65. The smallest absolute Gasteiger partial charge is 0.400 e. The Labute approximate surface area is 208 Å². The molecule has 0 aliphatic rings. The van der Waals surface area contributed by atoms with Crippen molar-refractivity contribution in [2.45, 2.75) is 46.2 Å². The Hall–Kier alpha value is -2.70. The normalized spacial score (nSPS) is 12.1. The van der Waals surface area contributed by atoms with Gasteiger partial charge in [0.05, 0.1) is 6.07 Å². The van der Waals surface area contributed by atoms with E-state index in [4.69, 9.17) is 5.26 Å². The zero-order chi connectivity index (χ0) is 26.2. The van der Waals surface area contributed by atoms with Crippen LogP contribution in [0.25, 0.3) is 0 Å². The summed E-state index contributed by atoms with van der Waals surface area (Å²) in [6.07, 6.45) is -14.6. The third-order valence-electron chi connectivity index (χ3n) is 4.62. The van der Waals surface area contributed by atoms with Crippen molar-refractivity contribution in [1.29, 1.82) is 5.26 Å². The van der Waals surface area contributed by atoms with Crippen molar-refractivity contribution in [2.24, 2.45) is 0 Å². The first-order valence-electron chi connectivity index (χ1n) is 9.30. The van der Waals surface area contributed by atoms with Gasteiger partial charge in [0.25, 0.3) is 0 Å². The zero-order valence-corrected chi connectivity index (χ0v) is 19.8. The molecule has 0 fully saturated rings. The molecule has 0 bridgehead atoms. The molecule has 0 saturated carbocycles. The van der Waals surface area contributed by atoms with Crippen LogP contribution in [0.15, 0.2) is 18.2 Å². The van der Waals surface area contributed by atoms with E-state index in [-0.39, 0.29) is 39.5 Å². The monoisotopic (exact) mass is 607 g/mol. The van der Waals surface area contributed by atoms with E-state index >= 15 is 0 Å². The average Bonchev–Trinajstić information content (AvgIpc) is 3.34. The summed E-state index contributed by atoms with van der Waals surface area (Å²) in [5.41, 5.74) is -4.53. The Bertz CT molecular complexity index is 1060. The average molecular weight is 608 g/mol. The zero-order valence-electron chi connectivity index (χ0n) is 18.3. The molecule has 0 aromatic carbocycles. The molecule has 0 aliphatic heterocycles. The second-order valence-electron chi connectivity index (χ2n) is 7.15. The van der Waals surface area contributed by atoms with Crippen LogP contribution in [0.5, 0.6) is 0 Å².